The molecule has 7 nitrogen and oxygen atoms in total. The van der Waals surface area contributed by atoms with E-state index in [-0.39, 0.29) is 5.92 Å². The number of benzene rings is 1. The lowest BCUT2D eigenvalue weighted by molar-refractivity contribution is 0.100. The molecule has 4 N–H and O–H groups in total. The molecule has 1 saturated heterocycles. The van der Waals surface area contributed by atoms with E-state index in [0.29, 0.717) is 24.2 Å². The van der Waals surface area contributed by atoms with Gasteiger partial charge in [0.05, 0.1) is 5.56 Å². The van der Waals surface area contributed by atoms with Crippen molar-refractivity contribution in [2.75, 3.05) is 13.1 Å². The van der Waals surface area contributed by atoms with Crippen LogP contribution in [0.3, 0.4) is 0 Å². The average Bonchev–Trinajstić information content (AvgIpc) is 2.89. The number of carbonyl (C=O) groups excluding carboxylic acids is 1. The zero-order chi connectivity index (χ0) is 15.9. The molecule has 1 aromatic heterocycles. The molecule has 1 aromatic carbocycles. The number of halogens is 1. The number of hydrogen-bond acceptors (Lipinski definition) is 3. The zero-order valence-electron chi connectivity index (χ0n) is 11.7. The summed E-state index contributed by atoms with van der Waals surface area (Å²) in [5.74, 6) is -0.333. The fourth-order valence-electron chi connectivity index (χ4n) is 2.96. The number of carbonyl (C=O) groups is 2. The molecule has 0 atom stereocenters. The smallest absolute Gasteiger partial charge is 0.407 e. The highest BCUT2D eigenvalue weighted by molar-refractivity contribution is 9.10. The maximum Gasteiger partial charge on any atom is 0.407 e. The number of amides is 2. The molecule has 1 fully saturated rings. The normalized spacial score (nSPS) is 16.1. The van der Waals surface area contributed by atoms with Crippen molar-refractivity contribution in [2.45, 2.75) is 18.8 Å². The lowest BCUT2D eigenvalue weighted by atomic mass is 9.91. The number of primary amides is 1. The second kappa shape index (κ2) is 5.60. The predicted molar refractivity (Wildman–Crippen MR) is 83.9 cm³/mol. The molecule has 0 unspecified atom stereocenters. The van der Waals surface area contributed by atoms with E-state index in [0.717, 1.165) is 28.4 Å². The molecular formula is C14H15BrN4O3. The minimum Gasteiger partial charge on any atom is -0.465 e. The topological polar surface area (TPSA) is 112 Å². The van der Waals surface area contributed by atoms with Gasteiger partial charge >= 0.3 is 6.09 Å². The number of fused-ring (bicyclic) bond motifs is 1. The Balaban J connectivity index is 1.96. The monoisotopic (exact) mass is 366 g/mol. The number of likely N-dealkylation sites (tertiary alicyclic amines) is 1. The van der Waals surface area contributed by atoms with E-state index >= 15 is 0 Å². The molecule has 2 aromatic rings. The third-order valence-corrected chi connectivity index (χ3v) is 4.55. The molecule has 1 aliphatic rings. The van der Waals surface area contributed by atoms with Gasteiger partial charge < -0.3 is 15.7 Å². The Hall–Kier alpha value is -2.09. The lowest BCUT2D eigenvalue weighted by Gasteiger charge is -2.29. The van der Waals surface area contributed by atoms with E-state index in [1.54, 1.807) is 6.07 Å². The first kappa shape index (κ1) is 14.8. The Morgan fingerprint density at radius 3 is 2.64 bits per heavy atom. The molecule has 2 amide bonds. The molecule has 0 radical (unpaired) electrons. The summed E-state index contributed by atoms with van der Waals surface area (Å²) in [6.45, 7) is 0.994. The largest absolute Gasteiger partial charge is 0.465 e. The summed E-state index contributed by atoms with van der Waals surface area (Å²) in [5, 5.41) is 17.1. The third-order valence-electron chi connectivity index (χ3n) is 4.09. The van der Waals surface area contributed by atoms with Gasteiger partial charge in [-0.2, -0.15) is 5.10 Å². The van der Waals surface area contributed by atoms with E-state index < -0.39 is 12.0 Å². The summed E-state index contributed by atoms with van der Waals surface area (Å²) < 4.78 is 0.763. The molecule has 8 heteroatoms. The highest BCUT2D eigenvalue weighted by Crippen LogP contribution is 2.34. The first-order chi connectivity index (χ1) is 10.5. The van der Waals surface area contributed by atoms with Crippen LogP contribution in [-0.4, -0.2) is 45.3 Å². The fourth-order valence-corrected chi connectivity index (χ4v) is 3.42. The van der Waals surface area contributed by atoms with Crippen molar-refractivity contribution in [1.82, 2.24) is 15.1 Å². The summed E-state index contributed by atoms with van der Waals surface area (Å²) in [5.41, 5.74) is 7.27. The van der Waals surface area contributed by atoms with Crippen LogP contribution < -0.4 is 5.73 Å². The fraction of sp³-hybridized carbons (Fsp3) is 0.357. The second-order valence-corrected chi connectivity index (χ2v) is 6.31. The van der Waals surface area contributed by atoms with E-state index in [2.05, 4.69) is 26.1 Å². The van der Waals surface area contributed by atoms with Crippen LogP contribution in [0.15, 0.2) is 16.6 Å². The Morgan fingerprint density at radius 1 is 1.36 bits per heavy atom. The molecular weight excluding hydrogens is 352 g/mol. The zero-order valence-corrected chi connectivity index (χ0v) is 13.3. The van der Waals surface area contributed by atoms with Crippen molar-refractivity contribution >= 4 is 38.8 Å². The van der Waals surface area contributed by atoms with Gasteiger partial charge in [-0.1, -0.05) is 15.9 Å². The van der Waals surface area contributed by atoms with Gasteiger partial charge in [0.15, 0.2) is 0 Å². The summed E-state index contributed by atoms with van der Waals surface area (Å²) in [6, 6.07) is 3.56. The van der Waals surface area contributed by atoms with Gasteiger partial charge in [0.25, 0.3) is 5.91 Å². The number of nitrogens with two attached hydrogens (primary N) is 1. The van der Waals surface area contributed by atoms with Gasteiger partial charge in [-0.05, 0) is 25.0 Å². The highest BCUT2D eigenvalue weighted by Gasteiger charge is 2.26. The van der Waals surface area contributed by atoms with Gasteiger partial charge in [0, 0.05) is 34.6 Å². The van der Waals surface area contributed by atoms with Crippen LogP contribution in [0, 0.1) is 0 Å². The number of piperidine rings is 1. The summed E-state index contributed by atoms with van der Waals surface area (Å²) in [7, 11) is 0. The van der Waals surface area contributed by atoms with Crippen LogP contribution in [0.2, 0.25) is 0 Å². The number of rotatable bonds is 2. The van der Waals surface area contributed by atoms with Gasteiger partial charge in [-0.3, -0.25) is 9.89 Å². The Bertz CT molecular complexity index is 750. The molecule has 0 bridgehead atoms. The van der Waals surface area contributed by atoms with Crippen molar-refractivity contribution in [3.05, 3.63) is 27.9 Å². The van der Waals surface area contributed by atoms with Crippen molar-refractivity contribution in [3.63, 3.8) is 0 Å². The number of aromatic amines is 1. The molecule has 0 spiro atoms. The number of H-pyrrole nitrogens is 1. The Kier molecular flexibility index (Phi) is 3.78. The summed E-state index contributed by atoms with van der Waals surface area (Å²) in [4.78, 5) is 23.9. The molecule has 0 saturated carbocycles. The number of aromatic nitrogens is 2. The second-order valence-electron chi connectivity index (χ2n) is 5.39. The van der Waals surface area contributed by atoms with Crippen LogP contribution in [0.25, 0.3) is 10.9 Å². The van der Waals surface area contributed by atoms with Crippen molar-refractivity contribution in [2.24, 2.45) is 5.73 Å². The molecule has 22 heavy (non-hydrogen) atoms. The molecule has 1 aliphatic heterocycles. The summed E-state index contributed by atoms with van der Waals surface area (Å²) >= 11 is 3.39. The Morgan fingerprint density at radius 2 is 2.05 bits per heavy atom. The molecule has 116 valence electrons. The maximum atomic E-state index is 11.5. The average molecular weight is 367 g/mol. The minimum absolute atomic E-state index is 0.190. The minimum atomic E-state index is -0.883. The quantitative estimate of drug-likeness (QED) is 0.756. The first-order valence-electron chi connectivity index (χ1n) is 6.92. The number of hydrogen-bond donors (Lipinski definition) is 3. The van der Waals surface area contributed by atoms with E-state index in [1.807, 2.05) is 6.07 Å². The van der Waals surface area contributed by atoms with Gasteiger partial charge in [-0.15, -0.1) is 0 Å². The van der Waals surface area contributed by atoms with Gasteiger partial charge in [0.2, 0.25) is 0 Å². The number of carboxylic acid groups (broad SMARTS) is 1. The number of nitrogens with zero attached hydrogens (tertiary/aromatic N) is 2. The lowest BCUT2D eigenvalue weighted by Crippen LogP contribution is -2.36. The third kappa shape index (κ3) is 2.54. The number of nitrogens with one attached hydrogen (secondary N) is 1. The summed E-state index contributed by atoms with van der Waals surface area (Å²) in [6.07, 6.45) is 0.566. The van der Waals surface area contributed by atoms with Crippen molar-refractivity contribution < 1.29 is 14.7 Å². The van der Waals surface area contributed by atoms with E-state index in [9.17, 15) is 9.59 Å². The van der Waals surface area contributed by atoms with Crippen molar-refractivity contribution in [1.29, 1.82) is 0 Å². The van der Waals surface area contributed by atoms with Crippen LogP contribution in [-0.2, 0) is 0 Å². The predicted octanol–water partition coefficient (Wildman–Crippen LogP) is 2.28. The highest BCUT2D eigenvalue weighted by atomic mass is 79.9. The molecule has 2 heterocycles. The maximum absolute atomic E-state index is 11.5. The van der Waals surface area contributed by atoms with Crippen LogP contribution in [0.1, 0.15) is 34.8 Å². The molecule has 3 rings (SSSR count). The van der Waals surface area contributed by atoms with Crippen LogP contribution in [0.4, 0.5) is 4.79 Å². The van der Waals surface area contributed by atoms with Crippen LogP contribution >= 0.6 is 15.9 Å². The van der Waals surface area contributed by atoms with Gasteiger partial charge in [-0.25, -0.2) is 4.79 Å². The van der Waals surface area contributed by atoms with E-state index in [1.165, 1.54) is 4.90 Å². The first-order valence-corrected chi connectivity index (χ1v) is 7.72. The SMILES string of the molecule is NC(=O)c1cc(Br)cc2c(C3CCN(C(=O)O)CC3)[nH]nc12. The standard InChI is InChI=1S/C14H15BrN4O3/c15-8-5-9-11(7-1-3-19(4-2-7)14(21)22)17-18-12(9)10(6-8)13(16)20/h5-7H,1-4H2,(H2,16,20)(H,17,18)(H,21,22). The Labute approximate surface area is 134 Å². The molecule has 0 aliphatic carbocycles. The van der Waals surface area contributed by atoms with Crippen LogP contribution in [0.5, 0.6) is 0 Å². The van der Waals surface area contributed by atoms with Crippen molar-refractivity contribution in [3.8, 4) is 0 Å². The van der Waals surface area contributed by atoms with E-state index in [4.69, 9.17) is 10.8 Å². The van der Waals surface area contributed by atoms with Gasteiger partial charge in [0.1, 0.15) is 5.52 Å².